The van der Waals surface area contributed by atoms with Crippen molar-refractivity contribution in [2.24, 2.45) is 17.8 Å². The van der Waals surface area contributed by atoms with Gasteiger partial charge in [0.05, 0.1) is 12.6 Å². The first kappa shape index (κ1) is 18.8. The maximum absolute atomic E-state index is 13.3. The second-order valence-electron chi connectivity index (χ2n) is 8.31. The number of nitrogens with zero attached hydrogens (tertiary/aromatic N) is 2. The van der Waals surface area contributed by atoms with Gasteiger partial charge >= 0.3 is 0 Å². The number of carbonyl (C=O) groups is 1. The summed E-state index contributed by atoms with van der Waals surface area (Å²) in [5, 5.41) is 16.0. The predicted octanol–water partition coefficient (Wildman–Crippen LogP) is 3.59. The molecule has 1 aromatic rings. The van der Waals surface area contributed by atoms with Crippen molar-refractivity contribution in [1.82, 2.24) is 5.01 Å². The number of nitrogens with one attached hydrogen (secondary N) is 1. The normalized spacial score (nSPS) is 37.9. The molecular formula is C21H26BrN3O2. The van der Waals surface area contributed by atoms with Crippen LogP contribution in [0, 0.1) is 24.3 Å². The fourth-order valence-corrected chi connectivity index (χ4v) is 6.38. The van der Waals surface area contributed by atoms with Crippen molar-refractivity contribution in [3.8, 4) is 0 Å². The Morgan fingerprint density at radius 1 is 1.41 bits per heavy atom. The highest BCUT2D eigenvalue weighted by Crippen LogP contribution is 2.51. The van der Waals surface area contributed by atoms with Crippen molar-refractivity contribution >= 4 is 27.5 Å². The summed E-state index contributed by atoms with van der Waals surface area (Å²) in [5.74, 6) is 0.989. The van der Waals surface area contributed by atoms with E-state index in [9.17, 15) is 9.90 Å². The molecule has 0 radical (unpaired) electrons. The van der Waals surface area contributed by atoms with Crippen LogP contribution in [0.25, 0.3) is 4.95 Å². The molecule has 3 aliphatic rings. The Labute approximate surface area is 169 Å². The zero-order chi connectivity index (χ0) is 19.2. The number of piperidine rings is 1. The van der Waals surface area contributed by atoms with Gasteiger partial charge in [-0.25, -0.2) is 0 Å². The molecule has 4 rings (SSSR count). The van der Waals surface area contributed by atoms with E-state index in [0.717, 1.165) is 30.5 Å². The maximum Gasteiger partial charge on any atom is 0.237 e. The highest BCUT2D eigenvalue weighted by Gasteiger charge is 2.59. The van der Waals surface area contributed by atoms with Gasteiger partial charge in [0.2, 0.25) is 5.91 Å². The molecule has 1 aliphatic carbocycles. The van der Waals surface area contributed by atoms with Crippen LogP contribution in [-0.2, 0) is 10.2 Å². The van der Waals surface area contributed by atoms with Crippen LogP contribution in [-0.4, -0.2) is 40.0 Å². The van der Waals surface area contributed by atoms with Gasteiger partial charge in [-0.05, 0) is 55.1 Å². The number of para-hydroxylation sites is 1. The Bertz CT molecular complexity index is 779. The Morgan fingerprint density at radius 2 is 2.19 bits per heavy atom. The highest BCUT2D eigenvalue weighted by molar-refractivity contribution is 9.09. The molecule has 0 spiro atoms. The van der Waals surface area contributed by atoms with Crippen molar-refractivity contribution in [2.45, 2.75) is 50.2 Å². The number of anilines is 1. The van der Waals surface area contributed by atoms with Gasteiger partial charge in [0.1, 0.15) is 11.5 Å². The summed E-state index contributed by atoms with van der Waals surface area (Å²) in [6.07, 6.45) is 2.93. The van der Waals surface area contributed by atoms with Crippen LogP contribution in [0.4, 0.5) is 5.69 Å². The lowest BCUT2D eigenvalue weighted by Crippen LogP contribution is -2.59. The average molecular weight is 432 g/mol. The number of rotatable bonds is 3. The zero-order valence-electron chi connectivity index (χ0n) is 15.6. The number of alkyl halides is 1. The van der Waals surface area contributed by atoms with E-state index in [-0.39, 0.29) is 24.0 Å². The van der Waals surface area contributed by atoms with E-state index in [0.29, 0.717) is 30.1 Å². The number of aliphatic hydroxyl groups is 1. The molecule has 27 heavy (non-hydrogen) atoms. The summed E-state index contributed by atoms with van der Waals surface area (Å²) in [4.78, 5) is 17.2. The first-order valence-corrected chi connectivity index (χ1v) is 10.9. The quantitative estimate of drug-likeness (QED) is 0.567. The number of fused-ring (bicyclic) bond motifs is 2. The third-order valence-corrected chi connectivity index (χ3v) is 7.64. The van der Waals surface area contributed by atoms with Crippen molar-refractivity contribution in [3.63, 3.8) is 0 Å². The molecule has 1 amide bonds. The van der Waals surface area contributed by atoms with Crippen LogP contribution in [0.2, 0.25) is 0 Å². The summed E-state index contributed by atoms with van der Waals surface area (Å²) in [6.45, 7) is 10.6. The van der Waals surface area contributed by atoms with E-state index >= 15 is 0 Å². The molecule has 2 N–H and O–H groups in total. The van der Waals surface area contributed by atoms with E-state index in [1.54, 1.807) is 0 Å². The topological polar surface area (TPSA) is 56.9 Å². The van der Waals surface area contributed by atoms with Crippen LogP contribution >= 0.6 is 15.9 Å². The van der Waals surface area contributed by atoms with E-state index in [1.807, 2.05) is 29.3 Å². The number of benzene rings is 1. The molecule has 6 heteroatoms. The molecule has 6 atom stereocenters. The number of halogens is 1. The second kappa shape index (κ2) is 7.10. The molecule has 2 fully saturated rings. The smallest absolute Gasteiger partial charge is 0.237 e. The zero-order valence-corrected chi connectivity index (χ0v) is 17.2. The molecule has 1 saturated heterocycles. The molecule has 144 valence electrons. The van der Waals surface area contributed by atoms with Gasteiger partial charge in [0.25, 0.3) is 0 Å². The number of amides is 1. The largest absolute Gasteiger partial charge is 0.393 e. The number of hydrogen-bond acceptors (Lipinski definition) is 3. The van der Waals surface area contributed by atoms with Gasteiger partial charge in [-0.1, -0.05) is 41.1 Å². The molecular weight excluding hydrogens is 406 g/mol. The van der Waals surface area contributed by atoms with Crippen LogP contribution < -0.4 is 5.32 Å². The van der Waals surface area contributed by atoms with Crippen LogP contribution in [0.3, 0.4) is 0 Å². The third-order valence-electron chi connectivity index (χ3n) is 7.24. The molecule has 5 nitrogen and oxygen atoms in total. The Morgan fingerprint density at radius 3 is 2.93 bits per heavy atom. The lowest BCUT2D eigenvalue weighted by Gasteiger charge is -2.49. The minimum Gasteiger partial charge on any atom is -0.393 e. The minimum atomic E-state index is -0.724. The average Bonchev–Trinajstić information content (AvgIpc) is 2.96. The summed E-state index contributed by atoms with van der Waals surface area (Å²) in [5.41, 5.74) is 1.15. The lowest BCUT2D eigenvalue weighted by atomic mass is 9.61. The van der Waals surface area contributed by atoms with Gasteiger partial charge < -0.3 is 10.4 Å². The molecule has 2 aliphatic heterocycles. The van der Waals surface area contributed by atoms with E-state index in [4.69, 9.17) is 6.57 Å². The predicted molar refractivity (Wildman–Crippen MR) is 108 cm³/mol. The van der Waals surface area contributed by atoms with Gasteiger partial charge in [0, 0.05) is 11.0 Å². The van der Waals surface area contributed by atoms with Crippen molar-refractivity contribution < 1.29 is 9.90 Å². The summed E-state index contributed by atoms with van der Waals surface area (Å²) >= 11 is 3.56. The lowest BCUT2D eigenvalue weighted by molar-refractivity contribution is -0.126. The second-order valence-corrected chi connectivity index (χ2v) is 9.10. The van der Waals surface area contributed by atoms with Crippen LogP contribution in [0.1, 0.15) is 38.2 Å². The first-order chi connectivity index (χ1) is 13.0. The van der Waals surface area contributed by atoms with E-state index in [2.05, 4.69) is 33.1 Å². The minimum absolute atomic E-state index is 0.00395. The number of hydrogen-bond donors (Lipinski definition) is 2. The molecule has 1 aromatic carbocycles. The Hall–Kier alpha value is -1.58. The van der Waals surface area contributed by atoms with Crippen molar-refractivity contribution in [1.29, 1.82) is 0 Å². The molecule has 0 unspecified atom stereocenters. The maximum atomic E-state index is 13.3. The number of carbonyl (C=O) groups excluding carboxylic acids is 1. The van der Waals surface area contributed by atoms with Gasteiger partial charge in [0.15, 0.2) is 0 Å². The summed E-state index contributed by atoms with van der Waals surface area (Å²) < 4.78 is 0. The Kier molecular flexibility index (Phi) is 4.94. The van der Waals surface area contributed by atoms with Crippen LogP contribution in [0.5, 0.6) is 0 Å². The van der Waals surface area contributed by atoms with E-state index in [1.165, 1.54) is 0 Å². The standard InChI is InChI=1S/C21H26BrN3O2/c1-13-15-11-19(25(23-2)12-14(15)7-8-18(13)26)21(9-10-22)16-5-3-4-6-17(16)24-20(21)27/h3-6,13-15,18-19,26H,7-12H2,1H3,(H,24,27)/t13-,14+,15-,18+,19+,21+/m1/s1. The first-order valence-electron chi connectivity index (χ1n) is 9.82. The Balaban J connectivity index is 1.78. The van der Waals surface area contributed by atoms with Gasteiger partial charge in [-0.3, -0.25) is 4.79 Å². The van der Waals surface area contributed by atoms with Gasteiger partial charge in [-0.2, -0.15) is 11.5 Å². The summed E-state index contributed by atoms with van der Waals surface area (Å²) in [6, 6.07) is 7.72. The SMILES string of the molecule is [C-]#[N+]N1C[C@@H]2CC[C@H](O)[C@H](C)[C@H]2C[C@H]1[C@@]1(CCBr)C(=O)Nc2ccccc21. The molecule has 2 heterocycles. The highest BCUT2D eigenvalue weighted by atomic mass is 79.9. The number of aliphatic hydroxyl groups excluding tert-OH is 1. The molecule has 0 aromatic heterocycles. The van der Waals surface area contributed by atoms with Crippen molar-refractivity contribution in [2.75, 3.05) is 17.2 Å². The molecule has 0 bridgehead atoms. The van der Waals surface area contributed by atoms with Crippen LogP contribution in [0.15, 0.2) is 24.3 Å². The molecule has 1 saturated carbocycles. The van der Waals surface area contributed by atoms with E-state index < -0.39 is 5.41 Å². The van der Waals surface area contributed by atoms with Gasteiger partial charge in [-0.15, -0.1) is 5.01 Å². The summed E-state index contributed by atoms with van der Waals surface area (Å²) in [7, 11) is 0. The third kappa shape index (κ3) is 2.78. The van der Waals surface area contributed by atoms with Crippen molar-refractivity contribution in [3.05, 3.63) is 41.4 Å². The fourth-order valence-electron chi connectivity index (χ4n) is 5.76. The fraction of sp³-hybridized carbons (Fsp3) is 0.619. The monoisotopic (exact) mass is 431 g/mol.